The molecule has 0 spiro atoms. The van der Waals surface area contributed by atoms with E-state index in [1.807, 2.05) is 0 Å². The molecule has 0 radical (unpaired) electrons. The molecule has 0 saturated carbocycles. The molecule has 0 saturated heterocycles. The normalized spacial score (nSPS) is 12.0. The molecule has 17 rings (SSSR count). The summed E-state index contributed by atoms with van der Waals surface area (Å²) in [6.45, 7) is 0. The molecule has 2 heterocycles. The maximum Gasteiger partial charge on any atom is 0.0541 e. The summed E-state index contributed by atoms with van der Waals surface area (Å²) in [4.78, 5) is 2.46. The number of hydrogen-bond donors (Lipinski definition) is 0. The summed E-state index contributed by atoms with van der Waals surface area (Å²) < 4.78 is 2.43. The summed E-state index contributed by atoms with van der Waals surface area (Å²) in [6, 6.07) is 125. The lowest BCUT2D eigenvalue weighted by molar-refractivity contribution is 1.09. The number of anilines is 3. The molecule has 1 aliphatic rings. The second-order valence-electron chi connectivity index (χ2n) is 23.6. The van der Waals surface area contributed by atoms with E-state index in [0.717, 1.165) is 17.8 Å². The number of nitrogens with zero attached hydrogens (tertiary/aromatic N) is 2. The van der Waals surface area contributed by atoms with Gasteiger partial charge in [0.25, 0.3) is 0 Å². The van der Waals surface area contributed by atoms with Crippen molar-refractivity contribution in [3.05, 3.63) is 351 Å². The largest absolute Gasteiger partial charge is 0.310 e. The Morgan fingerprint density at radius 3 is 0.843 bits per heavy atom. The monoisotopic (exact) mass is 1130 g/mol. The van der Waals surface area contributed by atoms with Crippen molar-refractivity contribution in [2.45, 2.75) is 6.42 Å². The van der Waals surface area contributed by atoms with Gasteiger partial charge in [-0.25, -0.2) is 0 Å². The highest BCUT2D eigenvalue weighted by Gasteiger charge is 2.26. The van der Waals surface area contributed by atoms with Crippen molar-refractivity contribution in [3.8, 4) is 94.7 Å². The fourth-order valence-corrected chi connectivity index (χ4v) is 14.1. The van der Waals surface area contributed by atoms with Crippen LogP contribution in [0.25, 0.3) is 138 Å². The van der Waals surface area contributed by atoms with E-state index in [4.69, 9.17) is 0 Å². The number of fused-ring (bicyclic) bond motifs is 7. The first kappa shape index (κ1) is 51.8. The topological polar surface area (TPSA) is 8.17 Å². The van der Waals surface area contributed by atoms with Gasteiger partial charge in [-0.1, -0.05) is 255 Å². The molecule has 0 amide bonds. The van der Waals surface area contributed by atoms with Crippen LogP contribution in [-0.2, 0) is 6.42 Å². The van der Waals surface area contributed by atoms with Crippen LogP contribution in [0.2, 0.25) is 0 Å². The smallest absolute Gasteiger partial charge is 0.0541 e. The van der Waals surface area contributed by atoms with Gasteiger partial charge in [-0.15, -0.1) is 0 Å². The molecule has 0 bridgehead atoms. The van der Waals surface area contributed by atoms with Gasteiger partial charge in [0.05, 0.1) is 11.0 Å². The molecule has 0 N–H and O–H groups in total. The number of benzene rings is 15. The Labute approximate surface area is 518 Å². The first-order chi connectivity index (χ1) is 44.1. The summed E-state index contributed by atoms with van der Waals surface area (Å²) in [7, 11) is 0. The fourth-order valence-electron chi connectivity index (χ4n) is 14.1. The third kappa shape index (κ3) is 9.21. The van der Waals surface area contributed by atoms with Gasteiger partial charge in [-0.05, 0) is 207 Å². The van der Waals surface area contributed by atoms with Gasteiger partial charge in [-0.3, -0.25) is 0 Å². The minimum absolute atomic E-state index is 0.855. The van der Waals surface area contributed by atoms with E-state index in [0.29, 0.717) is 0 Å². The number of hydrogen-bond acceptors (Lipinski definition) is 1. The summed E-state index contributed by atoms with van der Waals surface area (Å²) in [5.41, 5.74) is 29.0. The fraction of sp³-hybridized carbons (Fsp3) is 0.0115. The molecule has 416 valence electrons. The minimum atomic E-state index is 0.855. The number of aromatic nitrogens is 1. The molecule has 0 atom stereocenters. The standard InChI is InChI=1S/C87H58N2/c1-7-19-58(20-8-1)66-37-47-82-72(51-66)53-73-52-67(59-21-9-2-10-22-59)38-48-83(73)88(82)74-41-31-62(32-42-74)68-35-45-76-80(56-68)86(64-27-15-5-16-28-64)77-46-36-69(57-81(77)87(76)65-29-17-6-18-30-65)63-33-43-75(44-34-63)89-84-49-39-70(60-23-11-3-12-24-60)54-78(84)79-55-71(40-50-85(79)89)61-25-13-4-14-26-61/h1-52,54-57H,53H2. The molecular formula is C87H58N2. The van der Waals surface area contributed by atoms with Crippen molar-refractivity contribution in [1.82, 2.24) is 4.57 Å². The number of rotatable bonds is 10. The van der Waals surface area contributed by atoms with Crippen LogP contribution in [-0.4, -0.2) is 4.57 Å². The van der Waals surface area contributed by atoms with Gasteiger partial charge >= 0.3 is 0 Å². The van der Waals surface area contributed by atoms with Crippen LogP contribution in [0.3, 0.4) is 0 Å². The Balaban J connectivity index is 0.769. The summed E-state index contributed by atoms with van der Waals surface area (Å²) in [5, 5.41) is 7.36. The van der Waals surface area contributed by atoms with Gasteiger partial charge in [0.1, 0.15) is 0 Å². The first-order valence-corrected chi connectivity index (χ1v) is 30.8. The van der Waals surface area contributed by atoms with Crippen LogP contribution in [0.15, 0.2) is 340 Å². The zero-order valence-electron chi connectivity index (χ0n) is 48.9. The zero-order valence-corrected chi connectivity index (χ0v) is 48.9. The average molecular weight is 1130 g/mol. The molecule has 1 aliphatic heterocycles. The van der Waals surface area contributed by atoms with Crippen molar-refractivity contribution in [3.63, 3.8) is 0 Å². The molecule has 1 aromatic heterocycles. The van der Waals surface area contributed by atoms with Crippen LogP contribution < -0.4 is 4.90 Å². The second-order valence-corrected chi connectivity index (χ2v) is 23.6. The van der Waals surface area contributed by atoms with Crippen molar-refractivity contribution < 1.29 is 0 Å². The first-order valence-electron chi connectivity index (χ1n) is 30.8. The Hall–Kier alpha value is -11.6. The third-order valence-corrected chi connectivity index (χ3v) is 18.4. The van der Waals surface area contributed by atoms with E-state index in [2.05, 4.69) is 349 Å². The van der Waals surface area contributed by atoms with Gasteiger partial charge in [0, 0.05) is 39.9 Å². The van der Waals surface area contributed by atoms with Crippen molar-refractivity contribution >= 4 is 60.4 Å². The molecule has 15 aromatic carbocycles. The Morgan fingerprint density at radius 2 is 0.472 bits per heavy atom. The van der Waals surface area contributed by atoms with E-state index in [1.165, 1.54) is 155 Å². The predicted molar refractivity (Wildman–Crippen MR) is 377 cm³/mol. The lowest BCUT2D eigenvalue weighted by Crippen LogP contribution is -2.18. The predicted octanol–water partition coefficient (Wildman–Crippen LogP) is 23.8. The van der Waals surface area contributed by atoms with Gasteiger partial charge in [0.2, 0.25) is 0 Å². The Kier molecular flexibility index (Phi) is 12.7. The summed E-state index contributed by atoms with van der Waals surface area (Å²) in [5.74, 6) is 0. The van der Waals surface area contributed by atoms with Crippen molar-refractivity contribution in [2.24, 2.45) is 0 Å². The lowest BCUT2D eigenvalue weighted by atomic mass is 9.84. The van der Waals surface area contributed by atoms with E-state index in [-0.39, 0.29) is 0 Å². The lowest BCUT2D eigenvalue weighted by Gasteiger charge is -2.34. The van der Waals surface area contributed by atoms with Crippen LogP contribution in [0, 0.1) is 0 Å². The van der Waals surface area contributed by atoms with Gasteiger partial charge < -0.3 is 9.47 Å². The molecule has 89 heavy (non-hydrogen) atoms. The van der Waals surface area contributed by atoms with Crippen LogP contribution in [0.4, 0.5) is 17.1 Å². The van der Waals surface area contributed by atoms with E-state index >= 15 is 0 Å². The quantitative estimate of drug-likeness (QED) is 0.124. The molecular weight excluding hydrogens is 1070 g/mol. The molecule has 0 aliphatic carbocycles. The van der Waals surface area contributed by atoms with Crippen LogP contribution in [0.5, 0.6) is 0 Å². The maximum absolute atomic E-state index is 2.46. The van der Waals surface area contributed by atoms with E-state index in [1.54, 1.807) is 0 Å². The van der Waals surface area contributed by atoms with Gasteiger partial charge in [0.15, 0.2) is 0 Å². The van der Waals surface area contributed by atoms with Gasteiger partial charge in [-0.2, -0.15) is 0 Å². The molecule has 16 aromatic rings. The van der Waals surface area contributed by atoms with E-state index < -0.39 is 0 Å². The Morgan fingerprint density at radius 1 is 0.191 bits per heavy atom. The molecule has 0 unspecified atom stereocenters. The third-order valence-electron chi connectivity index (χ3n) is 18.4. The highest BCUT2D eigenvalue weighted by atomic mass is 15.2. The average Bonchev–Trinajstić information content (AvgIpc) is 1.57. The van der Waals surface area contributed by atoms with Crippen LogP contribution in [0.1, 0.15) is 11.1 Å². The molecule has 0 fully saturated rings. The minimum Gasteiger partial charge on any atom is -0.310 e. The highest BCUT2D eigenvalue weighted by Crippen LogP contribution is 2.49. The SMILES string of the molecule is c1ccc(-c2ccc3c(c2)Cc2cc(-c4ccccc4)ccc2N3c2ccc(-c3ccc4c(-c5ccccc5)c5cc(-c6ccc(-n7c8ccc(-c9ccccc9)cc8c8cc(-c9ccccc9)ccc87)cc6)ccc5c(-c5ccccc5)c4c3)cc2)cc1. The van der Waals surface area contributed by atoms with Crippen molar-refractivity contribution in [2.75, 3.05) is 4.90 Å². The van der Waals surface area contributed by atoms with Crippen molar-refractivity contribution in [1.29, 1.82) is 0 Å². The van der Waals surface area contributed by atoms with Crippen LogP contribution >= 0.6 is 0 Å². The summed E-state index contributed by atoms with van der Waals surface area (Å²) >= 11 is 0. The molecule has 2 heteroatoms. The zero-order chi connectivity index (χ0) is 58.8. The second kappa shape index (κ2) is 21.7. The Bertz CT molecular complexity index is 5140. The highest BCUT2D eigenvalue weighted by molar-refractivity contribution is 6.22. The maximum atomic E-state index is 2.46. The molecule has 2 nitrogen and oxygen atoms in total. The van der Waals surface area contributed by atoms with E-state index in [9.17, 15) is 0 Å². The summed E-state index contributed by atoms with van der Waals surface area (Å²) in [6.07, 6.45) is 0.855.